The van der Waals surface area contributed by atoms with Crippen molar-refractivity contribution in [3.63, 3.8) is 0 Å². The average Bonchev–Trinajstić information content (AvgIpc) is 2.55. The van der Waals surface area contributed by atoms with Gasteiger partial charge in [-0.05, 0) is 23.0 Å². The van der Waals surface area contributed by atoms with Gasteiger partial charge < -0.3 is 15.3 Å². The third kappa shape index (κ3) is 4.48. The lowest BCUT2D eigenvalue weighted by Gasteiger charge is -2.34. The first kappa shape index (κ1) is 18.7. The van der Waals surface area contributed by atoms with Crippen LogP contribution in [-0.4, -0.2) is 60.3 Å². The maximum atomic E-state index is 12.7. The van der Waals surface area contributed by atoms with Crippen LogP contribution in [0.15, 0.2) is 18.2 Å². The molecule has 0 atom stereocenters. The number of piperazine rings is 1. The molecule has 0 aliphatic carbocycles. The molecule has 1 heterocycles. The van der Waals surface area contributed by atoms with Gasteiger partial charge in [-0.2, -0.15) is 0 Å². The van der Waals surface area contributed by atoms with Crippen LogP contribution in [-0.2, 0) is 0 Å². The Morgan fingerprint density at radius 2 is 1.62 bits per heavy atom. The number of aliphatic hydroxyl groups is 1. The van der Waals surface area contributed by atoms with Crippen LogP contribution in [0, 0.1) is 0 Å². The van der Waals surface area contributed by atoms with Gasteiger partial charge in [0, 0.05) is 38.4 Å². The quantitative estimate of drug-likeness (QED) is 0.871. The van der Waals surface area contributed by atoms with Crippen LogP contribution < -0.4 is 5.32 Å². The summed E-state index contributed by atoms with van der Waals surface area (Å²) in [5.41, 5.74) is 3.35. The summed E-state index contributed by atoms with van der Waals surface area (Å²) in [4.78, 5) is 16.8. The lowest BCUT2D eigenvalue weighted by Crippen LogP contribution is -2.50. The van der Waals surface area contributed by atoms with Gasteiger partial charge >= 0.3 is 6.03 Å². The molecule has 0 bridgehead atoms. The summed E-state index contributed by atoms with van der Waals surface area (Å²) >= 11 is 0. The maximum absolute atomic E-state index is 12.7. The zero-order chi connectivity index (χ0) is 17.7. The SMILES string of the molecule is CC(C)c1cccc(C(C)C)c1NC(=O)N1CCN(CCO)CC1. The second-order valence-electron chi connectivity index (χ2n) is 7.10. The Kier molecular flexibility index (Phi) is 6.63. The van der Waals surface area contributed by atoms with E-state index in [2.05, 4.69) is 56.1 Å². The lowest BCUT2D eigenvalue weighted by molar-refractivity contribution is 0.127. The van der Waals surface area contributed by atoms with Gasteiger partial charge in [-0.25, -0.2) is 4.79 Å². The van der Waals surface area contributed by atoms with Crippen LogP contribution in [0.2, 0.25) is 0 Å². The zero-order valence-electron chi connectivity index (χ0n) is 15.4. The minimum atomic E-state index is -0.0198. The fraction of sp³-hybridized carbons (Fsp3) is 0.632. The largest absolute Gasteiger partial charge is 0.395 e. The Balaban J connectivity index is 2.11. The minimum Gasteiger partial charge on any atom is -0.395 e. The monoisotopic (exact) mass is 333 g/mol. The molecule has 1 fully saturated rings. The Morgan fingerprint density at radius 3 is 2.08 bits per heavy atom. The Labute approximate surface area is 145 Å². The van der Waals surface area contributed by atoms with Gasteiger partial charge in [-0.15, -0.1) is 0 Å². The number of amides is 2. The second kappa shape index (κ2) is 8.49. The van der Waals surface area contributed by atoms with Gasteiger partial charge in [0.15, 0.2) is 0 Å². The molecule has 2 amide bonds. The van der Waals surface area contributed by atoms with Crippen LogP contribution in [0.5, 0.6) is 0 Å². The molecule has 5 nitrogen and oxygen atoms in total. The number of carbonyl (C=O) groups excluding carboxylic acids is 1. The number of aliphatic hydroxyl groups excluding tert-OH is 1. The fourth-order valence-electron chi connectivity index (χ4n) is 3.20. The molecular weight excluding hydrogens is 302 g/mol. The van der Waals surface area contributed by atoms with Crippen molar-refractivity contribution in [2.75, 3.05) is 44.6 Å². The van der Waals surface area contributed by atoms with E-state index in [1.165, 1.54) is 11.1 Å². The van der Waals surface area contributed by atoms with Gasteiger partial charge in [0.2, 0.25) is 0 Å². The average molecular weight is 333 g/mol. The first-order chi connectivity index (χ1) is 11.4. The molecule has 1 aromatic rings. The molecule has 2 rings (SSSR count). The Hall–Kier alpha value is -1.59. The summed E-state index contributed by atoms with van der Waals surface area (Å²) in [6.45, 7) is 12.5. The van der Waals surface area contributed by atoms with E-state index in [0.29, 0.717) is 31.5 Å². The van der Waals surface area contributed by atoms with Crippen molar-refractivity contribution in [2.45, 2.75) is 39.5 Å². The molecule has 134 valence electrons. The summed E-state index contributed by atoms with van der Waals surface area (Å²) < 4.78 is 0. The van der Waals surface area contributed by atoms with Crippen molar-refractivity contribution in [1.82, 2.24) is 9.80 Å². The van der Waals surface area contributed by atoms with Crippen molar-refractivity contribution < 1.29 is 9.90 Å². The number of anilines is 1. The number of para-hydroxylation sites is 1. The molecule has 0 radical (unpaired) electrons. The van der Waals surface area contributed by atoms with Crippen molar-refractivity contribution >= 4 is 11.7 Å². The topological polar surface area (TPSA) is 55.8 Å². The van der Waals surface area contributed by atoms with Gasteiger partial charge in [0.25, 0.3) is 0 Å². The molecule has 0 unspecified atom stereocenters. The molecule has 1 aliphatic heterocycles. The fourth-order valence-corrected chi connectivity index (χ4v) is 3.20. The van der Waals surface area contributed by atoms with Gasteiger partial charge in [0.05, 0.1) is 6.61 Å². The summed E-state index contributed by atoms with van der Waals surface area (Å²) in [6.07, 6.45) is 0. The summed E-state index contributed by atoms with van der Waals surface area (Å²) in [5.74, 6) is 0.723. The minimum absolute atomic E-state index is 0.0198. The summed E-state index contributed by atoms with van der Waals surface area (Å²) in [6, 6.07) is 6.26. The van der Waals surface area contributed by atoms with E-state index in [1.54, 1.807) is 0 Å². The van der Waals surface area contributed by atoms with E-state index in [4.69, 9.17) is 5.11 Å². The zero-order valence-corrected chi connectivity index (χ0v) is 15.4. The molecule has 5 heteroatoms. The molecule has 0 spiro atoms. The number of benzene rings is 1. The third-order valence-corrected chi connectivity index (χ3v) is 4.68. The van der Waals surface area contributed by atoms with Gasteiger partial charge in [0.1, 0.15) is 0 Å². The lowest BCUT2D eigenvalue weighted by atomic mass is 9.93. The van der Waals surface area contributed by atoms with Crippen molar-refractivity contribution in [2.24, 2.45) is 0 Å². The van der Waals surface area contributed by atoms with E-state index < -0.39 is 0 Å². The highest BCUT2D eigenvalue weighted by Gasteiger charge is 2.23. The molecule has 1 saturated heterocycles. The van der Waals surface area contributed by atoms with E-state index in [-0.39, 0.29) is 12.6 Å². The van der Waals surface area contributed by atoms with E-state index in [0.717, 1.165) is 18.8 Å². The normalized spacial score (nSPS) is 16.0. The van der Waals surface area contributed by atoms with Crippen molar-refractivity contribution in [1.29, 1.82) is 0 Å². The molecule has 0 saturated carbocycles. The van der Waals surface area contributed by atoms with Crippen LogP contribution in [0.25, 0.3) is 0 Å². The van der Waals surface area contributed by atoms with Gasteiger partial charge in [-0.3, -0.25) is 4.90 Å². The predicted octanol–water partition coefficient (Wildman–Crippen LogP) is 3.08. The molecule has 2 N–H and O–H groups in total. The number of urea groups is 1. The smallest absolute Gasteiger partial charge is 0.321 e. The highest BCUT2D eigenvalue weighted by molar-refractivity contribution is 5.91. The van der Waals surface area contributed by atoms with Crippen molar-refractivity contribution in [3.8, 4) is 0 Å². The molecule has 1 aliphatic rings. The van der Waals surface area contributed by atoms with Gasteiger partial charge in [-0.1, -0.05) is 45.9 Å². The number of nitrogens with one attached hydrogen (secondary N) is 1. The number of carbonyl (C=O) groups is 1. The third-order valence-electron chi connectivity index (χ3n) is 4.68. The first-order valence-corrected chi connectivity index (χ1v) is 8.96. The number of nitrogens with zero attached hydrogens (tertiary/aromatic N) is 2. The van der Waals surface area contributed by atoms with Crippen molar-refractivity contribution in [3.05, 3.63) is 29.3 Å². The van der Waals surface area contributed by atoms with E-state index >= 15 is 0 Å². The maximum Gasteiger partial charge on any atom is 0.321 e. The summed E-state index contributed by atoms with van der Waals surface area (Å²) in [7, 11) is 0. The predicted molar refractivity (Wildman–Crippen MR) is 98.7 cm³/mol. The van der Waals surface area contributed by atoms with Crippen LogP contribution >= 0.6 is 0 Å². The number of β-amino-alcohol motifs (C(OH)–C–C–N with tert-alkyl or cyclic N) is 1. The standard InChI is InChI=1S/C19H31N3O2/c1-14(2)16-6-5-7-17(15(3)4)18(16)20-19(24)22-10-8-21(9-11-22)12-13-23/h5-7,14-15,23H,8-13H2,1-4H3,(H,20,24). The molecule has 0 aromatic heterocycles. The Morgan fingerprint density at radius 1 is 1.08 bits per heavy atom. The summed E-state index contributed by atoms with van der Waals surface area (Å²) in [5, 5.41) is 12.2. The second-order valence-corrected chi connectivity index (χ2v) is 7.10. The Bertz CT molecular complexity index is 523. The van der Waals surface area contributed by atoms with Crippen LogP contribution in [0.3, 0.4) is 0 Å². The van der Waals surface area contributed by atoms with Crippen LogP contribution in [0.1, 0.15) is 50.7 Å². The molecule has 24 heavy (non-hydrogen) atoms. The van der Waals surface area contributed by atoms with Crippen LogP contribution in [0.4, 0.5) is 10.5 Å². The highest BCUT2D eigenvalue weighted by atomic mass is 16.3. The van der Waals surface area contributed by atoms with E-state index in [1.807, 2.05) is 4.90 Å². The molecule has 1 aromatic carbocycles. The first-order valence-electron chi connectivity index (χ1n) is 8.96. The molecular formula is C19H31N3O2. The highest BCUT2D eigenvalue weighted by Crippen LogP contribution is 2.32. The number of hydrogen-bond acceptors (Lipinski definition) is 3. The number of rotatable bonds is 5. The number of hydrogen-bond donors (Lipinski definition) is 2. The van der Waals surface area contributed by atoms with E-state index in [9.17, 15) is 4.79 Å².